The number of carbonyl (C=O) groups is 1. The Kier molecular flexibility index (Phi) is 7.77. The van der Waals surface area contributed by atoms with Crippen molar-refractivity contribution in [3.05, 3.63) is 91.6 Å². The summed E-state index contributed by atoms with van der Waals surface area (Å²) in [5.74, 6) is -0.138. The van der Waals surface area contributed by atoms with E-state index in [-0.39, 0.29) is 27.4 Å². The normalized spacial score (nSPS) is 12.2. The zero-order valence-corrected chi connectivity index (χ0v) is 22.3. The van der Waals surface area contributed by atoms with Gasteiger partial charge in [-0.05, 0) is 48.7 Å². The Morgan fingerprint density at radius 2 is 1.60 bits per heavy atom. The number of benzene rings is 3. The first kappa shape index (κ1) is 25.6. The van der Waals surface area contributed by atoms with Crippen LogP contribution in [0.5, 0.6) is 0 Å². The number of hydrogen-bond donors (Lipinski definition) is 1. The quantitative estimate of drug-likeness (QED) is 0.154. The minimum absolute atomic E-state index is 0.180. The van der Waals surface area contributed by atoms with E-state index in [0.29, 0.717) is 26.8 Å². The highest BCUT2D eigenvalue weighted by Gasteiger charge is 2.22. The van der Waals surface area contributed by atoms with Crippen molar-refractivity contribution in [1.82, 2.24) is 9.55 Å². The molecule has 1 aromatic heterocycles. The zero-order valence-electron chi connectivity index (χ0n) is 19.2. The van der Waals surface area contributed by atoms with Gasteiger partial charge in [-0.3, -0.25) is 14.2 Å². The standard InChI is InChI=1S/C26H22Cl3N3O2S/c1-14(2)16-8-5-7-11-23(16)32-25(34)17-9-4-6-10-21(17)31-26(32)35-15(3)24(33)30-22-13-19(28)18(27)12-20(22)29/h4-15H,1-3H3,(H,30,33). The van der Waals surface area contributed by atoms with Gasteiger partial charge < -0.3 is 5.32 Å². The van der Waals surface area contributed by atoms with Gasteiger partial charge in [-0.25, -0.2) is 4.98 Å². The van der Waals surface area contributed by atoms with Gasteiger partial charge >= 0.3 is 0 Å². The summed E-state index contributed by atoms with van der Waals surface area (Å²) < 4.78 is 1.60. The summed E-state index contributed by atoms with van der Waals surface area (Å²) in [5, 5.41) is 3.96. The van der Waals surface area contributed by atoms with Gasteiger partial charge in [0, 0.05) is 0 Å². The lowest BCUT2D eigenvalue weighted by Gasteiger charge is -2.20. The SMILES string of the molecule is CC(Sc1nc2ccccc2c(=O)n1-c1ccccc1C(C)C)C(=O)Nc1cc(Cl)c(Cl)cc1Cl. The third kappa shape index (κ3) is 5.36. The highest BCUT2D eigenvalue weighted by Crippen LogP contribution is 2.34. The fourth-order valence-corrected chi connectivity index (χ4v) is 5.16. The van der Waals surface area contributed by atoms with E-state index in [1.807, 2.05) is 36.4 Å². The molecule has 1 atom stereocenters. The van der Waals surface area contributed by atoms with Gasteiger partial charge in [-0.15, -0.1) is 0 Å². The molecule has 0 aliphatic heterocycles. The number of anilines is 1. The minimum atomic E-state index is -0.606. The van der Waals surface area contributed by atoms with E-state index in [0.717, 1.165) is 11.3 Å². The van der Waals surface area contributed by atoms with Crippen LogP contribution >= 0.6 is 46.6 Å². The van der Waals surface area contributed by atoms with Crippen LogP contribution in [-0.2, 0) is 4.79 Å². The van der Waals surface area contributed by atoms with Crippen LogP contribution in [-0.4, -0.2) is 20.7 Å². The molecule has 4 rings (SSSR count). The summed E-state index contributed by atoms with van der Waals surface area (Å²) in [7, 11) is 0. The van der Waals surface area contributed by atoms with E-state index in [4.69, 9.17) is 39.8 Å². The number of nitrogens with zero attached hydrogens (tertiary/aromatic N) is 2. The monoisotopic (exact) mass is 545 g/mol. The van der Waals surface area contributed by atoms with Crippen molar-refractivity contribution in [1.29, 1.82) is 0 Å². The first-order chi connectivity index (χ1) is 16.7. The lowest BCUT2D eigenvalue weighted by Crippen LogP contribution is -2.27. The molecule has 0 radical (unpaired) electrons. The Balaban J connectivity index is 1.76. The Morgan fingerprint density at radius 1 is 0.943 bits per heavy atom. The molecular formula is C26H22Cl3N3O2S. The van der Waals surface area contributed by atoms with Crippen LogP contribution in [0.2, 0.25) is 15.1 Å². The van der Waals surface area contributed by atoms with Gasteiger partial charge in [0.25, 0.3) is 5.56 Å². The second kappa shape index (κ2) is 10.6. The van der Waals surface area contributed by atoms with Gasteiger partial charge in [-0.2, -0.15) is 0 Å². The largest absolute Gasteiger partial charge is 0.324 e. The van der Waals surface area contributed by atoms with Crippen molar-refractivity contribution >= 4 is 69.1 Å². The van der Waals surface area contributed by atoms with Gasteiger partial charge in [-0.1, -0.05) is 90.7 Å². The molecule has 1 heterocycles. The van der Waals surface area contributed by atoms with Crippen molar-refractivity contribution in [2.75, 3.05) is 5.32 Å². The number of thioether (sulfide) groups is 1. The van der Waals surface area contributed by atoms with E-state index in [2.05, 4.69) is 19.2 Å². The molecule has 1 unspecified atom stereocenters. The number of aromatic nitrogens is 2. The lowest BCUT2D eigenvalue weighted by molar-refractivity contribution is -0.115. The Labute approximate surface area is 222 Å². The van der Waals surface area contributed by atoms with Crippen molar-refractivity contribution < 1.29 is 4.79 Å². The van der Waals surface area contributed by atoms with Crippen molar-refractivity contribution in [2.45, 2.75) is 37.1 Å². The van der Waals surface area contributed by atoms with Crippen LogP contribution < -0.4 is 10.9 Å². The maximum Gasteiger partial charge on any atom is 0.266 e. The molecule has 4 aromatic rings. The number of nitrogens with one attached hydrogen (secondary N) is 1. The fourth-order valence-electron chi connectivity index (χ4n) is 3.65. The highest BCUT2D eigenvalue weighted by atomic mass is 35.5. The first-order valence-electron chi connectivity index (χ1n) is 10.9. The third-order valence-electron chi connectivity index (χ3n) is 5.46. The Morgan fingerprint density at radius 3 is 2.34 bits per heavy atom. The summed E-state index contributed by atoms with van der Waals surface area (Å²) in [6.45, 7) is 5.88. The molecule has 0 aliphatic carbocycles. The summed E-state index contributed by atoms with van der Waals surface area (Å²) in [6.07, 6.45) is 0. The van der Waals surface area contributed by atoms with Gasteiger partial charge in [0.05, 0.1) is 42.6 Å². The molecule has 1 N–H and O–H groups in total. The smallest absolute Gasteiger partial charge is 0.266 e. The average Bonchev–Trinajstić information content (AvgIpc) is 2.82. The maximum atomic E-state index is 13.6. The number of carbonyl (C=O) groups excluding carboxylic acids is 1. The summed E-state index contributed by atoms with van der Waals surface area (Å²) >= 11 is 19.5. The van der Waals surface area contributed by atoms with Crippen LogP contribution in [0.1, 0.15) is 32.3 Å². The number of rotatable bonds is 6. The van der Waals surface area contributed by atoms with Crippen LogP contribution in [0.15, 0.2) is 70.6 Å². The molecule has 0 spiro atoms. The van der Waals surface area contributed by atoms with E-state index >= 15 is 0 Å². The molecule has 1 amide bonds. The summed E-state index contributed by atoms with van der Waals surface area (Å²) in [6, 6.07) is 17.9. The number of fused-ring (bicyclic) bond motifs is 1. The van der Waals surface area contributed by atoms with E-state index in [1.54, 1.807) is 23.6 Å². The molecule has 3 aromatic carbocycles. The lowest BCUT2D eigenvalue weighted by atomic mass is 10.0. The van der Waals surface area contributed by atoms with Crippen molar-refractivity contribution in [3.63, 3.8) is 0 Å². The summed E-state index contributed by atoms with van der Waals surface area (Å²) in [4.78, 5) is 31.5. The second-order valence-corrected chi connectivity index (χ2v) is 10.8. The second-order valence-electron chi connectivity index (χ2n) is 8.26. The van der Waals surface area contributed by atoms with Crippen LogP contribution in [0, 0.1) is 0 Å². The molecule has 5 nitrogen and oxygen atoms in total. The Hall–Kier alpha value is -2.51. The highest BCUT2D eigenvalue weighted by molar-refractivity contribution is 8.00. The Bertz CT molecular complexity index is 1490. The van der Waals surface area contributed by atoms with E-state index < -0.39 is 5.25 Å². The number of hydrogen-bond acceptors (Lipinski definition) is 4. The molecule has 9 heteroatoms. The molecule has 0 saturated carbocycles. The van der Waals surface area contributed by atoms with Crippen LogP contribution in [0.25, 0.3) is 16.6 Å². The molecule has 180 valence electrons. The van der Waals surface area contributed by atoms with Gasteiger partial charge in [0.15, 0.2) is 5.16 Å². The number of amides is 1. The topological polar surface area (TPSA) is 64.0 Å². The van der Waals surface area contributed by atoms with E-state index in [9.17, 15) is 9.59 Å². The van der Waals surface area contributed by atoms with Crippen molar-refractivity contribution in [3.8, 4) is 5.69 Å². The predicted molar refractivity (Wildman–Crippen MR) is 147 cm³/mol. The fraction of sp³-hybridized carbons (Fsp3) is 0.192. The zero-order chi connectivity index (χ0) is 25.3. The third-order valence-corrected chi connectivity index (χ3v) is 7.55. The van der Waals surface area contributed by atoms with Crippen molar-refractivity contribution in [2.24, 2.45) is 0 Å². The maximum absolute atomic E-state index is 13.6. The minimum Gasteiger partial charge on any atom is -0.324 e. The molecule has 35 heavy (non-hydrogen) atoms. The molecule has 0 aliphatic rings. The summed E-state index contributed by atoms with van der Waals surface area (Å²) in [5.41, 5.74) is 2.49. The van der Waals surface area contributed by atoms with Crippen LogP contribution in [0.3, 0.4) is 0 Å². The molecule has 0 fully saturated rings. The van der Waals surface area contributed by atoms with Crippen LogP contribution in [0.4, 0.5) is 5.69 Å². The molecular weight excluding hydrogens is 525 g/mol. The van der Waals surface area contributed by atoms with Gasteiger partial charge in [0.2, 0.25) is 5.91 Å². The van der Waals surface area contributed by atoms with Gasteiger partial charge in [0.1, 0.15) is 0 Å². The van der Waals surface area contributed by atoms with E-state index in [1.165, 1.54) is 23.9 Å². The number of halogens is 3. The first-order valence-corrected chi connectivity index (χ1v) is 12.9. The molecule has 0 bridgehead atoms. The average molecular weight is 547 g/mol. The predicted octanol–water partition coefficient (Wildman–Crippen LogP) is 7.59. The number of para-hydroxylation sites is 2. The molecule has 0 saturated heterocycles.